The van der Waals surface area contributed by atoms with Crippen LogP contribution < -0.4 is 10.4 Å². The van der Waals surface area contributed by atoms with Crippen LogP contribution in [0.25, 0.3) is 11.5 Å². The third-order valence-electron chi connectivity index (χ3n) is 6.64. The van der Waals surface area contributed by atoms with Crippen LogP contribution in [0, 0.1) is 6.92 Å². The summed E-state index contributed by atoms with van der Waals surface area (Å²) in [5, 5.41) is 12.0. The number of hydrogen-bond acceptors (Lipinski definition) is 8. The SMILES string of the molecule is Cc1nnc(-c2cccc(N3C=CC(N(C(=O)c4cccs4)C4CCC(N(C)C)CC4)N3)c2)o1. The van der Waals surface area contributed by atoms with Crippen molar-refractivity contribution in [3.8, 4) is 11.5 Å². The van der Waals surface area contributed by atoms with Crippen LogP contribution in [-0.4, -0.2) is 58.2 Å². The first-order valence-corrected chi connectivity index (χ1v) is 12.5. The standard InChI is InChI=1S/C25H30N6O2S/c1-17-26-27-24(33-17)18-6-4-7-21(16-18)30-14-13-23(28-30)31(25(32)22-8-5-15-34-22)20-11-9-19(10-12-20)29(2)3/h4-8,13-16,19-20,23,28H,9-12H2,1-3H3. The topological polar surface area (TPSA) is 77.7 Å². The zero-order valence-corrected chi connectivity index (χ0v) is 20.5. The van der Waals surface area contributed by atoms with Crippen molar-refractivity contribution >= 4 is 22.9 Å². The van der Waals surface area contributed by atoms with Gasteiger partial charge < -0.3 is 14.2 Å². The Kier molecular flexibility index (Phi) is 6.49. The maximum atomic E-state index is 13.6. The van der Waals surface area contributed by atoms with Crippen molar-refractivity contribution in [2.75, 3.05) is 19.1 Å². The minimum absolute atomic E-state index is 0.0855. The average molecular weight is 479 g/mol. The third-order valence-corrected chi connectivity index (χ3v) is 7.50. The van der Waals surface area contributed by atoms with E-state index in [4.69, 9.17) is 4.42 Å². The molecular formula is C25H30N6O2S. The molecule has 1 amide bonds. The Morgan fingerprint density at radius 1 is 1.12 bits per heavy atom. The Hall–Kier alpha value is -3.01. The molecule has 0 spiro atoms. The molecule has 3 heterocycles. The number of hydrazine groups is 1. The number of nitrogens with one attached hydrogen (secondary N) is 1. The van der Waals surface area contributed by atoms with E-state index in [-0.39, 0.29) is 18.1 Å². The lowest BCUT2D eigenvalue weighted by molar-refractivity contribution is 0.0492. The molecule has 34 heavy (non-hydrogen) atoms. The van der Waals surface area contributed by atoms with Crippen molar-refractivity contribution < 1.29 is 9.21 Å². The van der Waals surface area contributed by atoms with Crippen molar-refractivity contribution in [1.82, 2.24) is 25.4 Å². The number of aromatic nitrogens is 2. The highest BCUT2D eigenvalue weighted by atomic mass is 32.1. The average Bonchev–Trinajstić information content (AvgIpc) is 3.62. The molecule has 8 nitrogen and oxygen atoms in total. The van der Waals surface area contributed by atoms with Crippen LogP contribution in [0.1, 0.15) is 41.2 Å². The Morgan fingerprint density at radius 2 is 1.91 bits per heavy atom. The number of amides is 1. The van der Waals surface area contributed by atoms with Crippen molar-refractivity contribution in [1.29, 1.82) is 0 Å². The summed E-state index contributed by atoms with van der Waals surface area (Å²) in [5.41, 5.74) is 5.31. The van der Waals surface area contributed by atoms with Gasteiger partial charge in [-0.05, 0) is 75.5 Å². The molecule has 1 unspecified atom stereocenters. The summed E-state index contributed by atoms with van der Waals surface area (Å²) in [6, 6.07) is 12.6. The summed E-state index contributed by atoms with van der Waals surface area (Å²) in [7, 11) is 4.28. The monoisotopic (exact) mass is 478 g/mol. The van der Waals surface area contributed by atoms with E-state index in [0.29, 0.717) is 17.8 Å². The highest BCUT2D eigenvalue weighted by Crippen LogP contribution is 2.31. The van der Waals surface area contributed by atoms with E-state index in [2.05, 4.69) is 40.7 Å². The van der Waals surface area contributed by atoms with Gasteiger partial charge in [-0.2, -0.15) is 0 Å². The van der Waals surface area contributed by atoms with Gasteiger partial charge in [0.1, 0.15) is 6.17 Å². The predicted octanol–water partition coefficient (Wildman–Crippen LogP) is 4.29. The number of carbonyl (C=O) groups is 1. The molecule has 1 saturated carbocycles. The second-order valence-corrected chi connectivity index (χ2v) is 10.0. The van der Waals surface area contributed by atoms with Crippen LogP contribution in [0.3, 0.4) is 0 Å². The van der Waals surface area contributed by atoms with Gasteiger partial charge in [0, 0.05) is 30.8 Å². The number of benzene rings is 1. The van der Waals surface area contributed by atoms with Gasteiger partial charge in [-0.15, -0.1) is 21.5 Å². The lowest BCUT2D eigenvalue weighted by atomic mass is 9.89. The molecule has 1 fully saturated rings. The molecule has 1 N–H and O–H groups in total. The molecule has 0 bridgehead atoms. The summed E-state index contributed by atoms with van der Waals surface area (Å²) >= 11 is 1.50. The molecule has 2 aromatic heterocycles. The molecular weight excluding hydrogens is 448 g/mol. The van der Waals surface area contributed by atoms with Gasteiger partial charge in [-0.25, -0.2) is 5.43 Å². The molecule has 1 atom stereocenters. The second kappa shape index (κ2) is 9.69. The van der Waals surface area contributed by atoms with Gasteiger partial charge in [0.05, 0.1) is 10.6 Å². The lowest BCUT2D eigenvalue weighted by Crippen LogP contribution is -2.55. The van der Waals surface area contributed by atoms with Crippen molar-refractivity contribution in [2.24, 2.45) is 0 Å². The molecule has 178 valence electrons. The second-order valence-electron chi connectivity index (χ2n) is 9.08. The Morgan fingerprint density at radius 3 is 2.59 bits per heavy atom. The molecule has 0 saturated heterocycles. The summed E-state index contributed by atoms with van der Waals surface area (Å²) < 4.78 is 5.59. The van der Waals surface area contributed by atoms with Gasteiger partial charge >= 0.3 is 0 Å². The van der Waals surface area contributed by atoms with E-state index >= 15 is 0 Å². The van der Waals surface area contributed by atoms with Gasteiger partial charge in [0.25, 0.3) is 5.91 Å². The first-order chi connectivity index (χ1) is 16.5. The van der Waals surface area contributed by atoms with Crippen LogP contribution in [0.5, 0.6) is 0 Å². The summed E-state index contributed by atoms with van der Waals surface area (Å²) in [5.74, 6) is 1.11. The third kappa shape index (κ3) is 4.64. The van der Waals surface area contributed by atoms with E-state index in [9.17, 15) is 4.79 Å². The van der Waals surface area contributed by atoms with Crippen LogP contribution in [0.4, 0.5) is 5.69 Å². The summed E-state index contributed by atoms with van der Waals surface area (Å²) in [6.07, 6.45) is 8.02. The van der Waals surface area contributed by atoms with Gasteiger partial charge in [-0.3, -0.25) is 9.80 Å². The Labute approximate surface area is 203 Å². The number of hydrogen-bond donors (Lipinski definition) is 1. The number of aryl methyl sites for hydroxylation is 1. The molecule has 1 aliphatic heterocycles. The smallest absolute Gasteiger partial charge is 0.265 e. The predicted molar refractivity (Wildman–Crippen MR) is 133 cm³/mol. The molecule has 9 heteroatoms. The number of thiophene rings is 1. The Balaban J connectivity index is 1.35. The quantitative estimate of drug-likeness (QED) is 0.566. The van der Waals surface area contributed by atoms with Crippen molar-refractivity contribution in [3.05, 3.63) is 64.8 Å². The molecule has 2 aliphatic rings. The zero-order chi connectivity index (χ0) is 23.7. The van der Waals surface area contributed by atoms with E-state index in [1.807, 2.05) is 57.9 Å². The highest BCUT2D eigenvalue weighted by Gasteiger charge is 2.36. The molecule has 1 aromatic carbocycles. The van der Waals surface area contributed by atoms with Gasteiger partial charge in [0.15, 0.2) is 0 Å². The van der Waals surface area contributed by atoms with Gasteiger partial charge in [-0.1, -0.05) is 12.1 Å². The normalized spacial score (nSPS) is 22.5. The fourth-order valence-corrected chi connectivity index (χ4v) is 5.48. The van der Waals surface area contributed by atoms with E-state index in [1.54, 1.807) is 6.92 Å². The maximum Gasteiger partial charge on any atom is 0.265 e. The van der Waals surface area contributed by atoms with Crippen LogP contribution >= 0.6 is 11.3 Å². The van der Waals surface area contributed by atoms with Gasteiger partial charge in [0.2, 0.25) is 11.8 Å². The van der Waals surface area contributed by atoms with Crippen LogP contribution in [0.15, 0.2) is 58.5 Å². The first-order valence-electron chi connectivity index (χ1n) is 11.7. The highest BCUT2D eigenvalue weighted by molar-refractivity contribution is 7.12. The molecule has 5 rings (SSSR count). The Bertz CT molecular complexity index is 1150. The molecule has 0 radical (unpaired) electrons. The summed E-state index contributed by atoms with van der Waals surface area (Å²) in [4.78, 5) is 18.7. The van der Waals surface area contributed by atoms with Crippen molar-refractivity contribution in [3.63, 3.8) is 0 Å². The number of rotatable bonds is 6. The van der Waals surface area contributed by atoms with Crippen molar-refractivity contribution in [2.45, 2.75) is 50.9 Å². The van der Waals surface area contributed by atoms with Crippen LogP contribution in [0.2, 0.25) is 0 Å². The minimum Gasteiger partial charge on any atom is -0.421 e. The fourth-order valence-electron chi connectivity index (χ4n) is 4.81. The van der Waals surface area contributed by atoms with E-state index < -0.39 is 0 Å². The first kappa shape index (κ1) is 22.8. The molecule has 1 aliphatic carbocycles. The maximum absolute atomic E-state index is 13.6. The summed E-state index contributed by atoms with van der Waals surface area (Å²) in [6.45, 7) is 1.78. The fraction of sp³-hybridized carbons (Fsp3) is 0.400. The van der Waals surface area contributed by atoms with E-state index in [1.165, 1.54) is 11.3 Å². The number of carbonyl (C=O) groups excluding carboxylic acids is 1. The number of anilines is 1. The largest absolute Gasteiger partial charge is 0.421 e. The lowest BCUT2D eigenvalue weighted by Gasteiger charge is -2.41. The minimum atomic E-state index is -0.218. The van der Waals surface area contributed by atoms with E-state index in [0.717, 1.165) is 41.8 Å². The molecule has 3 aromatic rings. The zero-order valence-electron chi connectivity index (χ0n) is 19.7. The van der Waals surface area contributed by atoms with Crippen LogP contribution in [-0.2, 0) is 0 Å². The number of nitrogens with zero attached hydrogens (tertiary/aromatic N) is 5.